The highest BCUT2D eigenvalue weighted by Gasteiger charge is 2.38. The first-order valence-electron chi connectivity index (χ1n) is 7.15. The van der Waals surface area contributed by atoms with E-state index in [0.29, 0.717) is 6.54 Å². The van der Waals surface area contributed by atoms with Crippen molar-refractivity contribution in [3.8, 4) is 0 Å². The highest BCUT2D eigenvalue weighted by atomic mass is 16.2. The van der Waals surface area contributed by atoms with Crippen LogP contribution < -0.4 is 11.1 Å². The Bertz CT molecular complexity index is 321. The highest BCUT2D eigenvalue weighted by Crippen LogP contribution is 2.34. The van der Waals surface area contributed by atoms with Gasteiger partial charge in [0.15, 0.2) is 0 Å². The molecule has 0 aromatic rings. The molecule has 1 rings (SSSR count). The monoisotopic (exact) mass is 269 g/mol. The van der Waals surface area contributed by atoms with E-state index < -0.39 is 11.5 Å². The third-order valence-corrected chi connectivity index (χ3v) is 4.09. The molecule has 0 aromatic heterocycles. The number of nitrogens with one attached hydrogen (secondary N) is 1. The van der Waals surface area contributed by atoms with Gasteiger partial charge in [0.05, 0.1) is 5.41 Å². The number of nitrogens with two attached hydrogens (primary N) is 1. The van der Waals surface area contributed by atoms with Gasteiger partial charge >= 0.3 is 0 Å². The summed E-state index contributed by atoms with van der Waals surface area (Å²) in [5, 5.41) is 2.84. The van der Waals surface area contributed by atoms with E-state index in [9.17, 15) is 9.59 Å². The average molecular weight is 269 g/mol. The number of rotatable bonds is 4. The summed E-state index contributed by atoms with van der Waals surface area (Å²) < 4.78 is 0. The fraction of sp³-hybridized carbons (Fsp3) is 0.857. The van der Waals surface area contributed by atoms with Crippen molar-refractivity contribution in [2.75, 3.05) is 20.6 Å². The summed E-state index contributed by atoms with van der Waals surface area (Å²) >= 11 is 0. The molecule has 5 nitrogen and oxygen atoms in total. The number of carbonyl (C=O) groups excluding carboxylic acids is 2. The van der Waals surface area contributed by atoms with E-state index in [0.717, 1.165) is 25.7 Å². The second-order valence-corrected chi connectivity index (χ2v) is 5.83. The first-order chi connectivity index (χ1) is 8.93. The molecule has 2 amide bonds. The van der Waals surface area contributed by atoms with Crippen LogP contribution in [0, 0.1) is 5.41 Å². The van der Waals surface area contributed by atoms with E-state index in [1.165, 1.54) is 17.7 Å². The summed E-state index contributed by atoms with van der Waals surface area (Å²) in [5.74, 6) is -0.145. The van der Waals surface area contributed by atoms with Crippen LogP contribution in [0.4, 0.5) is 0 Å². The van der Waals surface area contributed by atoms with Crippen LogP contribution in [0.5, 0.6) is 0 Å². The molecule has 0 radical (unpaired) electrons. The Kier molecular flexibility index (Phi) is 5.79. The Morgan fingerprint density at radius 2 is 1.74 bits per heavy atom. The zero-order valence-electron chi connectivity index (χ0n) is 12.4. The molecule has 0 saturated heterocycles. The third-order valence-electron chi connectivity index (χ3n) is 4.09. The molecule has 1 unspecified atom stereocenters. The van der Waals surface area contributed by atoms with Crippen LogP contribution in [0.2, 0.25) is 0 Å². The average Bonchev–Trinajstić information content (AvgIpc) is 2.63. The second kappa shape index (κ2) is 6.89. The van der Waals surface area contributed by atoms with Gasteiger partial charge in [0.2, 0.25) is 11.8 Å². The van der Waals surface area contributed by atoms with Gasteiger partial charge in [0, 0.05) is 20.6 Å². The molecule has 0 spiro atoms. The molecule has 0 aliphatic heterocycles. The predicted octanol–water partition coefficient (Wildman–Crippen LogP) is 0.879. The molecule has 1 fully saturated rings. The van der Waals surface area contributed by atoms with Gasteiger partial charge in [-0.3, -0.25) is 9.59 Å². The van der Waals surface area contributed by atoms with E-state index in [1.807, 2.05) is 0 Å². The van der Waals surface area contributed by atoms with Crippen molar-refractivity contribution in [3.63, 3.8) is 0 Å². The van der Waals surface area contributed by atoms with Crippen molar-refractivity contribution in [1.82, 2.24) is 10.2 Å². The van der Waals surface area contributed by atoms with E-state index in [1.54, 1.807) is 21.0 Å². The normalized spacial score (nSPS) is 20.2. The summed E-state index contributed by atoms with van der Waals surface area (Å²) in [7, 11) is 3.38. The van der Waals surface area contributed by atoms with Crippen molar-refractivity contribution in [1.29, 1.82) is 0 Å². The largest absolute Gasteiger partial charge is 0.347 e. The Morgan fingerprint density at radius 1 is 1.21 bits per heavy atom. The Morgan fingerprint density at radius 3 is 2.16 bits per heavy atom. The molecule has 1 atom stereocenters. The van der Waals surface area contributed by atoms with Crippen molar-refractivity contribution >= 4 is 11.8 Å². The number of likely N-dealkylation sites (N-methyl/N-ethyl adjacent to an activating group) is 1. The fourth-order valence-electron chi connectivity index (χ4n) is 2.73. The van der Waals surface area contributed by atoms with E-state index >= 15 is 0 Å². The van der Waals surface area contributed by atoms with E-state index in [-0.39, 0.29) is 11.8 Å². The van der Waals surface area contributed by atoms with Crippen LogP contribution in [-0.4, -0.2) is 43.4 Å². The molecule has 0 bridgehead atoms. The van der Waals surface area contributed by atoms with Gasteiger partial charge in [-0.25, -0.2) is 0 Å². The lowest BCUT2D eigenvalue weighted by atomic mass is 9.79. The number of hydrogen-bond acceptors (Lipinski definition) is 3. The molecule has 0 heterocycles. The van der Waals surface area contributed by atoms with Crippen LogP contribution in [0.3, 0.4) is 0 Å². The minimum Gasteiger partial charge on any atom is -0.347 e. The molecule has 110 valence electrons. The molecule has 19 heavy (non-hydrogen) atoms. The summed E-state index contributed by atoms with van der Waals surface area (Å²) in [5.41, 5.74) is 5.39. The summed E-state index contributed by atoms with van der Waals surface area (Å²) in [6, 6.07) is -0.492. The lowest BCUT2D eigenvalue weighted by Crippen LogP contribution is -2.52. The topological polar surface area (TPSA) is 75.4 Å². The molecule has 0 aromatic carbocycles. The van der Waals surface area contributed by atoms with Gasteiger partial charge in [-0.2, -0.15) is 0 Å². The highest BCUT2D eigenvalue weighted by molar-refractivity contribution is 5.89. The number of carbonyl (C=O) groups is 2. The third kappa shape index (κ3) is 3.93. The first kappa shape index (κ1) is 16.0. The van der Waals surface area contributed by atoms with Crippen molar-refractivity contribution < 1.29 is 9.59 Å². The van der Waals surface area contributed by atoms with Crippen LogP contribution >= 0.6 is 0 Å². The smallest absolute Gasteiger partial charge is 0.244 e. The lowest BCUT2D eigenvalue weighted by molar-refractivity contribution is -0.138. The van der Waals surface area contributed by atoms with Crippen molar-refractivity contribution in [2.24, 2.45) is 11.1 Å². The second-order valence-electron chi connectivity index (χ2n) is 5.83. The zero-order valence-corrected chi connectivity index (χ0v) is 12.4. The van der Waals surface area contributed by atoms with Crippen LogP contribution in [0.1, 0.15) is 45.4 Å². The van der Waals surface area contributed by atoms with E-state index in [2.05, 4.69) is 5.32 Å². The van der Waals surface area contributed by atoms with Crippen LogP contribution in [0.25, 0.3) is 0 Å². The lowest BCUT2D eigenvalue weighted by Gasteiger charge is -2.31. The number of amides is 2. The number of nitrogens with zero attached hydrogens (tertiary/aromatic N) is 1. The summed E-state index contributed by atoms with van der Waals surface area (Å²) in [6.07, 6.45) is 6.08. The molecule has 1 aliphatic rings. The maximum absolute atomic E-state index is 12.5. The molecule has 3 N–H and O–H groups in total. The van der Waals surface area contributed by atoms with E-state index in [4.69, 9.17) is 5.73 Å². The van der Waals surface area contributed by atoms with Gasteiger partial charge in [-0.1, -0.05) is 25.7 Å². The van der Waals surface area contributed by atoms with Crippen molar-refractivity contribution in [2.45, 2.75) is 51.5 Å². The maximum atomic E-state index is 12.5. The minimum atomic E-state index is -0.492. The predicted molar refractivity (Wildman–Crippen MR) is 75.5 cm³/mol. The van der Waals surface area contributed by atoms with Gasteiger partial charge in [0.1, 0.15) is 6.04 Å². The Hall–Kier alpha value is -1.10. The Balaban J connectivity index is 2.70. The number of hydrogen-bond donors (Lipinski definition) is 2. The van der Waals surface area contributed by atoms with Gasteiger partial charge < -0.3 is 16.0 Å². The molecular formula is C14H27N3O2. The molecule has 1 saturated carbocycles. The van der Waals surface area contributed by atoms with Crippen molar-refractivity contribution in [3.05, 3.63) is 0 Å². The van der Waals surface area contributed by atoms with Gasteiger partial charge in [-0.05, 0) is 19.8 Å². The maximum Gasteiger partial charge on any atom is 0.244 e. The fourth-order valence-corrected chi connectivity index (χ4v) is 2.73. The molecule has 5 heteroatoms. The van der Waals surface area contributed by atoms with Crippen LogP contribution in [0.15, 0.2) is 0 Å². The van der Waals surface area contributed by atoms with Gasteiger partial charge in [-0.15, -0.1) is 0 Å². The summed E-state index contributed by atoms with van der Waals surface area (Å²) in [4.78, 5) is 25.8. The molecule has 1 aliphatic carbocycles. The van der Waals surface area contributed by atoms with Crippen LogP contribution in [-0.2, 0) is 9.59 Å². The molecular weight excluding hydrogens is 242 g/mol. The quantitative estimate of drug-likeness (QED) is 0.744. The first-order valence-corrected chi connectivity index (χ1v) is 7.15. The standard InChI is InChI=1S/C14H27N3O2/c1-11(12(18)17(2)3)16-13(19)14(10-15)8-6-4-5-7-9-14/h11H,4-10,15H2,1-3H3,(H,16,19). The SMILES string of the molecule is CC(NC(=O)C1(CN)CCCCCC1)C(=O)N(C)C. The zero-order chi connectivity index (χ0) is 14.5. The summed E-state index contributed by atoms with van der Waals surface area (Å²) in [6.45, 7) is 2.09. The minimum absolute atomic E-state index is 0.0559. The van der Waals surface area contributed by atoms with Gasteiger partial charge in [0.25, 0.3) is 0 Å². The Labute approximate surface area is 115 Å².